The molecule has 3 nitrogen and oxygen atoms in total. The van der Waals surface area contributed by atoms with Crippen LogP contribution in [0.1, 0.15) is 12.5 Å². The van der Waals surface area contributed by atoms with Gasteiger partial charge in [0.1, 0.15) is 0 Å². The van der Waals surface area contributed by atoms with Crippen molar-refractivity contribution in [1.29, 1.82) is 0 Å². The molecule has 2 rings (SSSR count). The maximum absolute atomic E-state index is 11.2. The van der Waals surface area contributed by atoms with Gasteiger partial charge in [0.2, 0.25) is 0 Å². The monoisotopic (exact) mass is 211 g/mol. The Bertz CT molecular complexity index is 539. The second-order valence-corrected chi connectivity index (χ2v) is 3.61. The van der Waals surface area contributed by atoms with Gasteiger partial charge >= 0.3 is 5.76 Å². The van der Waals surface area contributed by atoms with Gasteiger partial charge < -0.3 is 4.42 Å². The van der Waals surface area contributed by atoms with Crippen LogP contribution >= 0.6 is 11.6 Å². The fourth-order valence-electron chi connectivity index (χ4n) is 1.44. The van der Waals surface area contributed by atoms with Crippen LogP contribution in [0, 0.1) is 0 Å². The van der Waals surface area contributed by atoms with E-state index in [2.05, 4.69) is 0 Å². The van der Waals surface area contributed by atoms with Gasteiger partial charge in [0, 0.05) is 7.05 Å². The minimum atomic E-state index is -0.379. The summed E-state index contributed by atoms with van der Waals surface area (Å²) >= 11 is 5.98. The number of nitrogens with zero attached hydrogens (tertiary/aromatic N) is 1. The molecule has 0 N–H and O–H groups in total. The van der Waals surface area contributed by atoms with E-state index in [0.29, 0.717) is 10.6 Å². The third-order valence-electron chi connectivity index (χ3n) is 2.32. The lowest BCUT2D eigenvalue weighted by Gasteiger charge is -1.98. The minimum absolute atomic E-state index is 0.379. The molecular weight excluding hydrogens is 202 g/mol. The summed E-state index contributed by atoms with van der Waals surface area (Å²) in [6, 6.07) is 3.75. The number of oxazole rings is 1. The van der Waals surface area contributed by atoms with Crippen molar-refractivity contribution >= 4 is 22.7 Å². The van der Waals surface area contributed by atoms with E-state index in [1.165, 1.54) is 4.57 Å². The Balaban J connectivity index is 2.90. The molecule has 0 aliphatic heterocycles. The maximum Gasteiger partial charge on any atom is 0.419 e. The van der Waals surface area contributed by atoms with Crippen LogP contribution in [-0.2, 0) is 13.5 Å². The molecule has 4 heteroatoms. The third-order valence-corrected chi connectivity index (χ3v) is 2.60. The van der Waals surface area contributed by atoms with Gasteiger partial charge in [0.05, 0.1) is 10.5 Å². The first-order valence-corrected chi connectivity index (χ1v) is 4.79. The molecule has 0 radical (unpaired) electrons. The molecule has 0 aliphatic rings. The van der Waals surface area contributed by atoms with Crippen LogP contribution in [-0.4, -0.2) is 4.57 Å². The molecule has 1 aromatic carbocycles. The number of rotatable bonds is 1. The Labute approximate surface area is 85.9 Å². The molecule has 1 aromatic heterocycles. The predicted octanol–water partition coefficient (Wildman–Crippen LogP) is 2.35. The van der Waals surface area contributed by atoms with Crippen LogP contribution in [0.2, 0.25) is 5.02 Å². The molecule has 74 valence electrons. The number of aromatic nitrogens is 1. The van der Waals surface area contributed by atoms with Crippen molar-refractivity contribution in [3.05, 3.63) is 33.3 Å². The average Bonchev–Trinajstić information content (AvgIpc) is 2.45. The van der Waals surface area contributed by atoms with Crippen molar-refractivity contribution in [2.24, 2.45) is 7.05 Å². The smallest absolute Gasteiger partial charge is 0.406 e. The molecule has 0 bridgehead atoms. The van der Waals surface area contributed by atoms with Crippen LogP contribution in [0.3, 0.4) is 0 Å². The SMILES string of the molecule is CCc1cc(Cl)c2oc(=O)n(C)c2c1. The predicted molar refractivity (Wildman–Crippen MR) is 55.8 cm³/mol. The van der Waals surface area contributed by atoms with E-state index >= 15 is 0 Å². The summed E-state index contributed by atoms with van der Waals surface area (Å²) in [6.07, 6.45) is 0.884. The molecule has 0 amide bonds. The highest BCUT2D eigenvalue weighted by Gasteiger charge is 2.10. The summed E-state index contributed by atoms with van der Waals surface area (Å²) in [5.41, 5.74) is 2.31. The van der Waals surface area contributed by atoms with E-state index in [9.17, 15) is 4.79 Å². The summed E-state index contributed by atoms with van der Waals surface area (Å²) in [5, 5.41) is 0.497. The van der Waals surface area contributed by atoms with Crippen molar-refractivity contribution in [3.63, 3.8) is 0 Å². The van der Waals surface area contributed by atoms with Gasteiger partial charge in [-0.3, -0.25) is 4.57 Å². The van der Waals surface area contributed by atoms with Crippen LogP contribution in [0.4, 0.5) is 0 Å². The van der Waals surface area contributed by atoms with Crippen molar-refractivity contribution in [2.75, 3.05) is 0 Å². The van der Waals surface area contributed by atoms with Crippen molar-refractivity contribution in [2.45, 2.75) is 13.3 Å². The zero-order chi connectivity index (χ0) is 10.3. The van der Waals surface area contributed by atoms with Crippen molar-refractivity contribution in [1.82, 2.24) is 4.57 Å². The van der Waals surface area contributed by atoms with Gasteiger partial charge in [-0.25, -0.2) is 4.79 Å². The lowest BCUT2D eigenvalue weighted by atomic mass is 10.1. The Kier molecular flexibility index (Phi) is 2.11. The van der Waals surface area contributed by atoms with Crippen LogP contribution < -0.4 is 5.76 Å². The second-order valence-electron chi connectivity index (χ2n) is 3.21. The molecule has 0 unspecified atom stereocenters. The first-order valence-electron chi connectivity index (χ1n) is 4.41. The summed E-state index contributed by atoms with van der Waals surface area (Å²) < 4.78 is 6.46. The van der Waals surface area contributed by atoms with Crippen LogP contribution in [0.5, 0.6) is 0 Å². The van der Waals surface area contributed by atoms with Crippen LogP contribution in [0.25, 0.3) is 11.1 Å². The number of fused-ring (bicyclic) bond motifs is 1. The number of aryl methyl sites for hydroxylation is 2. The first kappa shape index (κ1) is 9.34. The molecule has 0 aliphatic carbocycles. The largest absolute Gasteiger partial charge is 0.419 e. The minimum Gasteiger partial charge on any atom is -0.406 e. The van der Waals surface area contributed by atoms with E-state index < -0.39 is 0 Å². The number of hydrogen-bond acceptors (Lipinski definition) is 2. The highest BCUT2D eigenvalue weighted by atomic mass is 35.5. The standard InChI is InChI=1S/C10H10ClNO2/c1-3-6-4-7(11)9-8(5-6)12(2)10(13)14-9/h4-5H,3H2,1-2H3. The summed E-state index contributed by atoms with van der Waals surface area (Å²) in [6.45, 7) is 2.04. The van der Waals surface area contributed by atoms with Crippen molar-refractivity contribution in [3.8, 4) is 0 Å². The Morgan fingerprint density at radius 2 is 2.21 bits per heavy atom. The van der Waals surface area contributed by atoms with E-state index in [1.807, 2.05) is 19.1 Å². The maximum atomic E-state index is 11.2. The normalized spacial score (nSPS) is 11.1. The lowest BCUT2D eigenvalue weighted by Crippen LogP contribution is -2.08. The van der Waals surface area contributed by atoms with E-state index in [0.717, 1.165) is 17.5 Å². The molecule has 1 heterocycles. The summed E-state index contributed by atoms with van der Waals surface area (Å²) in [5.74, 6) is -0.379. The van der Waals surface area contributed by atoms with E-state index in [-0.39, 0.29) is 5.76 Å². The molecule has 2 aromatic rings. The third kappa shape index (κ3) is 1.24. The zero-order valence-electron chi connectivity index (χ0n) is 8.00. The molecule has 0 spiro atoms. The molecule has 14 heavy (non-hydrogen) atoms. The molecule has 0 saturated carbocycles. The molecule has 0 fully saturated rings. The van der Waals surface area contributed by atoms with Gasteiger partial charge in [0.25, 0.3) is 0 Å². The summed E-state index contributed by atoms with van der Waals surface area (Å²) in [7, 11) is 1.67. The Morgan fingerprint density at radius 3 is 2.86 bits per heavy atom. The van der Waals surface area contributed by atoms with Crippen molar-refractivity contribution < 1.29 is 4.42 Å². The Morgan fingerprint density at radius 1 is 1.50 bits per heavy atom. The molecule has 0 atom stereocenters. The zero-order valence-corrected chi connectivity index (χ0v) is 8.76. The highest BCUT2D eigenvalue weighted by molar-refractivity contribution is 6.34. The van der Waals surface area contributed by atoms with Gasteiger partial charge in [0.15, 0.2) is 5.58 Å². The van der Waals surface area contributed by atoms with Crippen LogP contribution in [0.15, 0.2) is 21.3 Å². The van der Waals surface area contributed by atoms with Gasteiger partial charge in [-0.05, 0) is 24.1 Å². The number of benzene rings is 1. The molecule has 0 saturated heterocycles. The summed E-state index contributed by atoms with van der Waals surface area (Å²) in [4.78, 5) is 11.2. The lowest BCUT2D eigenvalue weighted by molar-refractivity contribution is 0.528. The number of hydrogen-bond donors (Lipinski definition) is 0. The average molecular weight is 212 g/mol. The number of halogens is 1. The quantitative estimate of drug-likeness (QED) is 0.726. The fourth-order valence-corrected chi connectivity index (χ4v) is 1.72. The van der Waals surface area contributed by atoms with Gasteiger partial charge in [-0.15, -0.1) is 0 Å². The van der Waals surface area contributed by atoms with E-state index in [4.69, 9.17) is 16.0 Å². The second kappa shape index (κ2) is 3.17. The fraction of sp³-hybridized carbons (Fsp3) is 0.300. The molecular formula is C10H10ClNO2. The Hall–Kier alpha value is -1.22. The highest BCUT2D eigenvalue weighted by Crippen LogP contribution is 2.24. The van der Waals surface area contributed by atoms with Gasteiger partial charge in [-0.2, -0.15) is 0 Å². The topological polar surface area (TPSA) is 35.1 Å². The first-order chi connectivity index (χ1) is 6.63. The van der Waals surface area contributed by atoms with E-state index in [1.54, 1.807) is 7.05 Å². The van der Waals surface area contributed by atoms with Gasteiger partial charge in [-0.1, -0.05) is 18.5 Å².